The Morgan fingerprint density at radius 1 is 0.453 bits per heavy atom. The molecule has 0 bridgehead atoms. The largest absolute Gasteiger partial charge is 0.494 e. The number of ether oxygens (including phenoxy) is 3. The van der Waals surface area contributed by atoms with Gasteiger partial charge in [0.2, 0.25) is 0 Å². The smallest absolute Gasteiger partial charge is 0.343 e. The topological polar surface area (TPSA) is 44.8 Å². The van der Waals surface area contributed by atoms with Crippen LogP contribution in [0.2, 0.25) is 0 Å². The van der Waals surface area contributed by atoms with Gasteiger partial charge in [-0.1, -0.05) is 192 Å². The summed E-state index contributed by atoms with van der Waals surface area (Å²) in [5.41, 5.74) is 3.77. The Morgan fingerprint density at radius 2 is 0.830 bits per heavy atom. The lowest BCUT2D eigenvalue weighted by atomic mass is 10.0. The van der Waals surface area contributed by atoms with E-state index in [4.69, 9.17) is 14.2 Å². The first-order valence-electron chi connectivity index (χ1n) is 21.9. The highest BCUT2D eigenvalue weighted by atomic mass is 16.5. The minimum Gasteiger partial charge on any atom is -0.494 e. The summed E-state index contributed by atoms with van der Waals surface area (Å²) >= 11 is 0. The minimum absolute atomic E-state index is 0.000594. The van der Waals surface area contributed by atoms with Crippen molar-refractivity contribution in [2.75, 3.05) is 13.2 Å². The predicted molar refractivity (Wildman–Crippen MR) is 225 cm³/mol. The Kier molecular flexibility index (Phi) is 24.5. The van der Waals surface area contributed by atoms with Crippen LogP contribution in [-0.2, 0) is 4.74 Å². The summed E-state index contributed by atoms with van der Waals surface area (Å²) in [5, 5.41) is 0. The first-order chi connectivity index (χ1) is 26.1. The number of esters is 1. The van der Waals surface area contributed by atoms with Crippen molar-refractivity contribution >= 4 is 5.97 Å². The van der Waals surface area contributed by atoms with Gasteiger partial charge in [0.1, 0.15) is 11.5 Å². The van der Waals surface area contributed by atoms with Crippen molar-refractivity contribution in [2.45, 2.75) is 181 Å². The molecule has 0 aliphatic rings. The van der Waals surface area contributed by atoms with E-state index in [-0.39, 0.29) is 12.1 Å². The van der Waals surface area contributed by atoms with E-state index in [0.717, 1.165) is 48.5 Å². The van der Waals surface area contributed by atoms with Crippen LogP contribution in [0.5, 0.6) is 11.5 Å². The van der Waals surface area contributed by atoms with Gasteiger partial charge in [-0.05, 0) is 72.9 Å². The zero-order valence-electron chi connectivity index (χ0n) is 34.0. The van der Waals surface area contributed by atoms with Gasteiger partial charge in [0, 0.05) is 6.61 Å². The first kappa shape index (κ1) is 44.3. The van der Waals surface area contributed by atoms with Crippen LogP contribution >= 0.6 is 0 Å². The van der Waals surface area contributed by atoms with Crippen molar-refractivity contribution in [3.8, 4) is 22.6 Å². The molecule has 0 amide bonds. The SMILES string of the molecule is CCCCCCCCCCCCCCCCCCCCOC(C)c1ccc(C(=O)Oc2ccc(-c3ccc(OCCCCCCCC)cc3)cc2)cc1. The van der Waals surface area contributed by atoms with Crippen molar-refractivity contribution in [3.05, 3.63) is 83.9 Å². The standard InChI is InChI=1S/C49H74O4/c1-4-6-8-10-12-13-14-15-16-17-18-19-20-21-22-23-25-26-40-51-42(3)43-28-30-46(31-29-43)49(50)53-48-38-34-45(35-39-48)44-32-36-47(37-33-44)52-41-27-24-11-9-7-5-2/h28-39,42H,4-27,40-41H2,1-3H3. The second-order valence-electron chi connectivity index (χ2n) is 15.2. The predicted octanol–water partition coefficient (Wildman–Crippen LogP) is 15.4. The van der Waals surface area contributed by atoms with Crippen LogP contribution < -0.4 is 9.47 Å². The van der Waals surface area contributed by atoms with Gasteiger partial charge in [-0.3, -0.25) is 0 Å². The number of benzene rings is 3. The molecule has 0 saturated heterocycles. The van der Waals surface area contributed by atoms with Gasteiger partial charge in [-0.25, -0.2) is 4.79 Å². The molecule has 0 aliphatic heterocycles. The number of carbonyl (C=O) groups is 1. The molecule has 0 N–H and O–H groups in total. The van der Waals surface area contributed by atoms with Crippen LogP contribution in [0.3, 0.4) is 0 Å². The second kappa shape index (κ2) is 29.3. The van der Waals surface area contributed by atoms with E-state index in [1.165, 1.54) is 141 Å². The third-order valence-electron chi connectivity index (χ3n) is 10.5. The monoisotopic (exact) mass is 727 g/mol. The van der Waals surface area contributed by atoms with E-state index >= 15 is 0 Å². The summed E-state index contributed by atoms with van der Waals surface area (Å²) in [5.74, 6) is 1.08. The van der Waals surface area contributed by atoms with Crippen LogP contribution in [-0.4, -0.2) is 19.2 Å². The summed E-state index contributed by atoms with van der Waals surface area (Å²) in [6.45, 7) is 8.16. The molecule has 0 fully saturated rings. The molecule has 0 aromatic heterocycles. The molecule has 0 saturated carbocycles. The summed E-state index contributed by atoms with van der Waals surface area (Å²) < 4.78 is 17.7. The molecule has 4 heteroatoms. The molecule has 0 aliphatic carbocycles. The van der Waals surface area contributed by atoms with Crippen LogP contribution in [0.15, 0.2) is 72.8 Å². The van der Waals surface area contributed by atoms with Crippen molar-refractivity contribution in [1.29, 1.82) is 0 Å². The minimum atomic E-state index is -0.358. The average molecular weight is 727 g/mol. The van der Waals surface area contributed by atoms with Crippen LogP contribution in [0.25, 0.3) is 11.1 Å². The molecule has 294 valence electrons. The molecule has 3 aromatic rings. The number of carbonyl (C=O) groups excluding carboxylic acids is 1. The highest BCUT2D eigenvalue weighted by molar-refractivity contribution is 5.91. The number of hydrogen-bond donors (Lipinski definition) is 0. The Hall–Kier alpha value is -3.11. The zero-order chi connectivity index (χ0) is 37.6. The van der Waals surface area contributed by atoms with Gasteiger partial charge in [-0.2, -0.15) is 0 Å². The molecule has 3 aromatic carbocycles. The highest BCUT2D eigenvalue weighted by Crippen LogP contribution is 2.26. The molecule has 0 heterocycles. The highest BCUT2D eigenvalue weighted by Gasteiger charge is 2.12. The van der Waals surface area contributed by atoms with E-state index in [0.29, 0.717) is 11.3 Å². The normalized spacial score (nSPS) is 11.8. The second-order valence-corrected chi connectivity index (χ2v) is 15.2. The maximum atomic E-state index is 12.9. The third-order valence-corrected chi connectivity index (χ3v) is 10.5. The third kappa shape index (κ3) is 20.2. The lowest BCUT2D eigenvalue weighted by Crippen LogP contribution is -2.09. The Labute approximate surface area is 324 Å². The van der Waals surface area contributed by atoms with Gasteiger partial charge in [0.15, 0.2) is 0 Å². The molecular formula is C49H74O4. The molecule has 53 heavy (non-hydrogen) atoms. The Balaban J connectivity index is 1.20. The molecule has 1 atom stereocenters. The van der Waals surface area contributed by atoms with E-state index < -0.39 is 0 Å². The zero-order valence-corrected chi connectivity index (χ0v) is 34.0. The Bertz CT molecular complexity index is 1300. The van der Waals surface area contributed by atoms with Crippen molar-refractivity contribution < 1.29 is 19.0 Å². The molecule has 1 unspecified atom stereocenters. The van der Waals surface area contributed by atoms with Gasteiger partial charge in [0.25, 0.3) is 0 Å². The lowest BCUT2D eigenvalue weighted by molar-refractivity contribution is 0.0626. The number of unbranched alkanes of at least 4 members (excludes halogenated alkanes) is 22. The molecule has 3 rings (SSSR count). The average Bonchev–Trinajstić information content (AvgIpc) is 3.19. The molecule has 0 spiro atoms. The first-order valence-corrected chi connectivity index (χ1v) is 21.9. The maximum absolute atomic E-state index is 12.9. The Morgan fingerprint density at radius 3 is 1.26 bits per heavy atom. The molecule has 0 radical (unpaired) electrons. The van der Waals surface area contributed by atoms with E-state index in [1.807, 2.05) is 60.7 Å². The molecular weight excluding hydrogens is 653 g/mol. The van der Waals surface area contributed by atoms with Crippen molar-refractivity contribution in [1.82, 2.24) is 0 Å². The van der Waals surface area contributed by atoms with Crippen LogP contribution in [0.1, 0.15) is 197 Å². The van der Waals surface area contributed by atoms with Gasteiger partial charge >= 0.3 is 5.97 Å². The fourth-order valence-corrected chi connectivity index (χ4v) is 6.95. The van der Waals surface area contributed by atoms with E-state index in [1.54, 1.807) is 0 Å². The van der Waals surface area contributed by atoms with Crippen LogP contribution in [0, 0.1) is 0 Å². The van der Waals surface area contributed by atoms with Crippen LogP contribution in [0.4, 0.5) is 0 Å². The number of hydrogen-bond acceptors (Lipinski definition) is 4. The van der Waals surface area contributed by atoms with Crippen molar-refractivity contribution in [2.24, 2.45) is 0 Å². The summed E-state index contributed by atoms with van der Waals surface area (Å²) in [6, 6.07) is 23.5. The fraction of sp³-hybridized carbons (Fsp3) is 0.612. The van der Waals surface area contributed by atoms with Gasteiger partial charge < -0.3 is 14.2 Å². The quantitative estimate of drug-likeness (QED) is 0.0365. The molecule has 4 nitrogen and oxygen atoms in total. The lowest BCUT2D eigenvalue weighted by Gasteiger charge is -2.14. The summed E-state index contributed by atoms with van der Waals surface area (Å²) in [4.78, 5) is 12.9. The summed E-state index contributed by atoms with van der Waals surface area (Å²) in [7, 11) is 0. The maximum Gasteiger partial charge on any atom is 0.343 e. The number of rotatable bonds is 32. The van der Waals surface area contributed by atoms with Crippen molar-refractivity contribution in [3.63, 3.8) is 0 Å². The summed E-state index contributed by atoms with van der Waals surface area (Å²) in [6.07, 6.45) is 32.4. The fourth-order valence-electron chi connectivity index (χ4n) is 6.95. The van der Waals surface area contributed by atoms with E-state index in [2.05, 4.69) is 32.9 Å². The van der Waals surface area contributed by atoms with Gasteiger partial charge in [-0.15, -0.1) is 0 Å². The van der Waals surface area contributed by atoms with E-state index in [9.17, 15) is 4.79 Å². The van der Waals surface area contributed by atoms with Gasteiger partial charge in [0.05, 0.1) is 18.3 Å².